The van der Waals surface area contributed by atoms with Crippen molar-refractivity contribution in [3.8, 4) is 0 Å². The molecule has 76 valence electrons. The van der Waals surface area contributed by atoms with Gasteiger partial charge in [-0.3, -0.25) is 0 Å². The topological polar surface area (TPSA) is 0 Å². The molecule has 0 heteroatoms. The van der Waals surface area contributed by atoms with Gasteiger partial charge in [0.15, 0.2) is 0 Å². The fraction of sp³-hybridized carbons (Fsp3) is 0.429. The number of hydrogen-bond acceptors (Lipinski definition) is 0. The van der Waals surface area contributed by atoms with Gasteiger partial charge in [-0.25, -0.2) is 0 Å². The van der Waals surface area contributed by atoms with E-state index in [0.717, 1.165) is 12.3 Å². The van der Waals surface area contributed by atoms with E-state index in [-0.39, 0.29) is 0 Å². The molecule has 0 bridgehead atoms. The summed E-state index contributed by atoms with van der Waals surface area (Å²) in [6.45, 7) is 10.5. The molecule has 0 aliphatic rings. The summed E-state index contributed by atoms with van der Waals surface area (Å²) in [5.41, 5.74) is 4.14. The molecule has 0 nitrogen and oxygen atoms in total. The van der Waals surface area contributed by atoms with Crippen molar-refractivity contribution in [2.24, 2.45) is 5.92 Å². The van der Waals surface area contributed by atoms with E-state index >= 15 is 0 Å². The second kappa shape index (κ2) is 4.99. The molecule has 0 unspecified atom stereocenters. The number of hydrogen-bond donors (Lipinski definition) is 0. The molecule has 0 atom stereocenters. The quantitative estimate of drug-likeness (QED) is 0.667. The average Bonchev–Trinajstić information content (AvgIpc) is 2.16. The van der Waals surface area contributed by atoms with E-state index in [1.807, 2.05) is 6.08 Å². The molecule has 0 aromatic heterocycles. The first kappa shape index (κ1) is 11.0. The van der Waals surface area contributed by atoms with Crippen molar-refractivity contribution in [3.63, 3.8) is 0 Å². The van der Waals surface area contributed by atoms with Crippen molar-refractivity contribution < 1.29 is 0 Å². The fourth-order valence-corrected chi connectivity index (χ4v) is 1.76. The highest BCUT2D eigenvalue weighted by molar-refractivity contribution is 5.52. The van der Waals surface area contributed by atoms with Gasteiger partial charge in [0.2, 0.25) is 0 Å². The Labute approximate surface area is 87.7 Å². The molecule has 1 rings (SSSR count). The van der Waals surface area contributed by atoms with Crippen molar-refractivity contribution in [1.82, 2.24) is 0 Å². The molecule has 1 aromatic rings. The van der Waals surface area contributed by atoms with Gasteiger partial charge in [-0.2, -0.15) is 0 Å². The molecule has 0 spiro atoms. The van der Waals surface area contributed by atoms with Gasteiger partial charge in [0.1, 0.15) is 0 Å². The second-order valence-electron chi connectivity index (χ2n) is 4.19. The molecule has 0 saturated heterocycles. The lowest BCUT2D eigenvalue weighted by Gasteiger charge is -2.09. The molecule has 0 fully saturated rings. The Morgan fingerprint density at radius 2 is 2.07 bits per heavy atom. The van der Waals surface area contributed by atoms with Gasteiger partial charge in [-0.05, 0) is 35.4 Å². The van der Waals surface area contributed by atoms with E-state index in [9.17, 15) is 0 Å². The highest BCUT2D eigenvalue weighted by atomic mass is 14.1. The maximum atomic E-state index is 3.83. The third-order valence-electron chi connectivity index (χ3n) is 2.45. The predicted molar refractivity (Wildman–Crippen MR) is 64.5 cm³/mol. The van der Waals surface area contributed by atoms with Crippen LogP contribution in [0.15, 0.2) is 24.8 Å². The van der Waals surface area contributed by atoms with Crippen LogP contribution >= 0.6 is 0 Å². The third kappa shape index (κ3) is 2.73. The summed E-state index contributed by atoms with van der Waals surface area (Å²) in [4.78, 5) is 0. The molecular weight excluding hydrogens is 168 g/mol. The standard InChI is InChI=1S/C14H20/c1-5-13-8-7-12(9-11(3)4)10-14(13)6-2/h5,7-8,10-11H,1,6,9H2,2-4H3. The Morgan fingerprint density at radius 1 is 1.36 bits per heavy atom. The SMILES string of the molecule is C=Cc1ccc(CC(C)C)cc1CC. The van der Waals surface area contributed by atoms with Gasteiger partial charge in [-0.15, -0.1) is 0 Å². The molecule has 1 aromatic carbocycles. The highest BCUT2D eigenvalue weighted by Crippen LogP contribution is 2.16. The van der Waals surface area contributed by atoms with Crippen molar-refractivity contribution in [1.29, 1.82) is 0 Å². The molecule has 0 aliphatic heterocycles. The van der Waals surface area contributed by atoms with Crippen molar-refractivity contribution >= 4 is 6.08 Å². The van der Waals surface area contributed by atoms with Crippen LogP contribution in [-0.4, -0.2) is 0 Å². The molecule has 0 N–H and O–H groups in total. The molecule has 0 aliphatic carbocycles. The van der Waals surface area contributed by atoms with Gasteiger partial charge in [0, 0.05) is 0 Å². The summed E-state index contributed by atoms with van der Waals surface area (Å²) in [7, 11) is 0. The highest BCUT2D eigenvalue weighted by Gasteiger charge is 2.01. The zero-order valence-corrected chi connectivity index (χ0v) is 9.51. The van der Waals surface area contributed by atoms with Crippen LogP contribution < -0.4 is 0 Å². The van der Waals surface area contributed by atoms with E-state index in [4.69, 9.17) is 0 Å². The monoisotopic (exact) mass is 188 g/mol. The molecule has 0 radical (unpaired) electrons. The third-order valence-corrected chi connectivity index (χ3v) is 2.45. The Kier molecular flexibility index (Phi) is 3.94. The summed E-state index contributed by atoms with van der Waals surface area (Å²) in [5.74, 6) is 0.731. The molecule has 0 amide bonds. The first-order valence-corrected chi connectivity index (χ1v) is 5.41. The number of aryl methyl sites for hydroxylation is 1. The molecular formula is C14H20. The Hall–Kier alpha value is -1.04. The summed E-state index contributed by atoms with van der Waals surface area (Å²) < 4.78 is 0. The van der Waals surface area contributed by atoms with Crippen LogP contribution in [0, 0.1) is 5.92 Å². The maximum absolute atomic E-state index is 3.83. The molecule has 14 heavy (non-hydrogen) atoms. The van der Waals surface area contributed by atoms with E-state index < -0.39 is 0 Å². The number of benzene rings is 1. The lowest BCUT2D eigenvalue weighted by Crippen LogP contribution is -1.96. The van der Waals surface area contributed by atoms with Crippen molar-refractivity contribution in [2.45, 2.75) is 33.6 Å². The zero-order chi connectivity index (χ0) is 10.6. The number of rotatable bonds is 4. The van der Waals surface area contributed by atoms with Gasteiger partial charge >= 0.3 is 0 Å². The Bertz CT molecular complexity index is 308. The van der Waals surface area contributed by atoms with Crippen molar-refractivity contribution in [2.75, 3.05) is 0 Å². The largest absolute Gasteiger partial charge is 0.0985 e. The average molecular weight is 188 g/mol. The lowest BCUT2D eigenvalue weighted by atomic mass is 9.97. The van der Waals surface area contributed by atoms with E-state index in [2.05, 4.69) is 45.5 Å². The summed E-state index contributed by atoms with van der Waals surface area (Å²) in [6.07, 6.45) is 4.20. The minimum absolute atomic E-state index is 0.731. The van der Waals surface area contributed by atoms with E-state index in [0.29, 0.717) is 0 Å². The van der Waals surface area contributed by atoms with Crippen LogP contribution in [0.3, 0.4) is 0 Å². The van der Waals surface area contributed by atoms with Crippen LogP contribution in [-0.2, 0) is 12.8 Å². The summed E-state index contributed by atoms with van der Waals surface area (Å²) in [5, 5.41) is 0. The van der Waals surface area contributed by atoms with Gasteiger partial charge in [0.05, 0.1) is 0 Å². The normalized spacial score (nSPS) is 10.6. The smallest absolute Gasteiger partial charge is 0.0230 e. The summed E-state index contributed by atoms with van der Waals surface area (Å²) in [6, 6.07) is 6.72. The maximum Gasteiger partial charge on any atom is -0.0230 e. The second-order valence-corrected chi connectivity index (χ2v) is 4.19. The zero-order valence-electron chi connectivity index (χ0n) is 9.51. The van der Waals surface area contributed by atoms with E-state index in [1.165, 1.54) is 23.1 Å². The minimum atomic E-state index is 0.731. The van der Waals surface area contributed by atoms with E-state index in [1.54, 1.807) is 0 Å². The summed E-state index contributed by atoms with van der Waals surface area (Å²) >= 11 is 0. The van der Waals surface area contributed by atoms with Crippen LogP contribution in [0.5, 0.6) is 0 Å². The first-order valence-electron chi connectivity index (χ1n) is 5.41. The lowest BCUT2D eigenvalue weighted by molar-refractivity contribution is 0.647. The molecule has 0 heterocycles. The van der Waals surface area contributed by atoms with Gasteiger partial charge in [-0.1, -0.05) is 51.6 Å². The first-order chi connectivity index (χ1) is 6.67. The Balaban J connectivity index is 2.95. The van der Waals surface area contributed by atoms with Crippen molar-refractivity contribution in [3.05, 3.63) is 41.5 Å². The minimum Gasteiger partial charge on any atom is -0.0985 e. The van der Waals surface area contributed by atoms with Crippen LogP contribution in [0.4, 0.5) is 0 Å². The predicted octanol–water partition coefficient (Wildman–Crippen LogP) is 4.09. The molecule has 0 saturated carbocycles. The van der Waals surface area contributed by atoms with Crippen LogP contribution in [0.1, 0.15) is 37.5 Å². The van der Waals surface area contributed by atoms with Crippen LogP contribution in [0.25, 0.3) is 6.08 Å². The van der Waals surface area contributed by atoms with Gasteiger partial charge in [0.25, 0.3) is 0 Å². The fourth-order valence-electron chi connectivity index (χ4n) is 1.76. The van der Waals surface area contributed by atoms with Gasteiger partial charge < -0.3 is 0 Å². The van der Waals surface area contributed by atoms with Crippen LogP contribution in [0.2, 0.25) is 0 Å². The Morgan fingerprint density at radius 3 is 2.57 bits per heavy atom.